The normalized spacial score (nSPS) is 36.3. The van der Waals surface area contributed by atoms with Crippen molar-refractivity contribution in [2.75, 3.05) is 7.11 Å². The first kappa shape index (κ1) is 13.7. The number of methoxy groups -OCH3 is 1. The third-order valence-corrected chi connectivity index (χ3v) is 5.15. The van der Waals surface area contributed by atoms with Gasteiger partial charge < -0.3 is 14.6 Å². The van der Waals surface area contributed by atoms with E-state index >= 15 is 0 Å². The van der Waals surface area contributed by atoms with E-state index in [0.717, 1.165) is 29.4 Å². The summed E-state index contributed by atoms with van der Waals surface area (Å²) in [5, 5.41) is 10.5. The van der Waals surface area contributed by atoms with E-state index in [1.165, 1.54) is 12.8 Å². The minimum atomic E-state index is -0.430. The molecule has 0 aromatic heterocycles. The zero-order valence-electron chi connectivity index (χ0n) is 12.6. The lowest BCUT2D eigenvalue weighted by Gasteiger charge is -2.48. The number of benzene rings is 1. The molecule has 0 amide bonds. The summed E-state index contributed by atoms with van der Waals surface area (Å²) in [7, 11) is 1.65. The summed E-state index contributed by atoms with van der Waals surface area (Å²) in [5.74, 6) is 2.80. The molecule has 0 radical (unpaired) electrons. The molecule has 3 nitrogen and oxygen atoms in total. The Morgan fingerprint density at radius 1 is 1.35 bits per heavy atom. The number of hydrogen-bond donors (Lipinski definition) is 1. The molecule has 110 valence electrons. The second-order valence-electron chi connectivity index (χ2n) is 6.57. The van der Waals surface area contributed by atoms with E-state index in [1.54, 1.807) is 7.11 Å². The highest BCUT2D eigenvalue weighted by Crippen LogP contribution is 2.50. The molecule has 1 spiro atoms. The Kier molecular flexibility index (Phi) is 3.41. The van der Waals surface area contributed by atoms with Crippen molar-refractivity contribution in [3.8, 4) is 11.5 Å². The minimum Gasteiger partial charge on any atom is -0.497 e. The van der Waals surface area contributed by atoms with Crippen molar-refractivity contribution in [2.24, 2.45) is 11.8 Å². The molecule has 1 aliphatic carbocycles. The minimum absolute atomic E-state index is 0.203. The average Bonchev–Trinajstić information content (AvgIpc) is 2.43. The van der Waals surface area contributed by atoms with Gasteiger partial charge in [-0.3, -0.25) is 0 Å². The van der Waals surface area contributed by atoms with Crippen molar-refractivity contribution >= 4 is 0 Å². The molecule has 1 aromatic rings. The zero-order valence-corrected chi connectivity index (χ0v) is 12.6. The van der Waals surface area contributed by atoms with Crippen molar-refractivity contribution in [1.82, 2.24) is 0 Å². The molecule has 20 heavy (non-hydrogen) atoms. The maximum absolute atomic E-state index is 10.5. The Bertz CT molecular complexity index is 499. The lowest BCUT2D eigenvalue weighted by Crippen LogP contribution is -2.49. The van der Waals surface area contributed by atoms with E-state index in [0.29, 0.717) is 12.3 Å². The van der Waals surface area contributed by atoms with E-state index in [-0.39, 0.29) is 5.60 Å². The molecule has 1 heterocycles. The maximum atomic E-state index is 10.5. The molecule has 0 bridgehead atoms. The highest BCUT2D eigenvalue weighted by Gasteiger charge is 2.47. The van der Waals surface area contributed by atoms with Gasteiger partial charge in [-0.05, 0) is 43.2 Å². The van der Waals surface area contributed by atoms with Gasteiger partial charge in [0.25, 0.3) is 0 Å². The summed E-state index contributed by atoms with van der Waals surface area (Å²) < 4.78 is 11.7. The van der Waals surface area contributed by atoms with Crippen LogP contribution in [0.1, 0.15) is 51.2 Å². The third-order valence-electron chi connectivity index (χ3n) is 5.15. The Morgan fingerprint density at radius 2 is 2.15 bits per heavy atom. The molecule has 0 saturated heterocycles. The first-order valence-corrected chi connectivity index (χ1v) is 7.59. The van der Waals surface area contributed by atoms with Gasteiger partial charge >= 0.3 is 0 Å². The topological polar surface area (TPSA) is 38.7 Å². The molecular weight excluding hydrogens is 252 g/mol. The summed E-state index contributed by atoms with van der Waals surface area (Å²) in [6.45, 7) is 4.56. The molecular formula is C17H24O3. The summed E-state index contributed by atoms with van der Waals surface area (Å²) in [6.07, 6.45) is 3.66. The van der Waals surface area contributed by atoms with Crippen LogP contribution < -0.4 is 9.47 Å². The Balaban J connectivity index is 1.94. The first-order valence-electron chi connectivity index (χ1n) is 7.59. The summed E-state index contributed by atoms with van der Waals surface area (Å²) >= 11 is 0. The van der Waals surface area contributed by atoms with E-state index in [1.807, 2.05) is 18.2 Å². The number of aliphatic hydroxyl groups excluding tert-OH is 1. The van der Waals surface area contributed by atoms with Crippen molar-refractivity contribution in [3.63, 3.8) is 0 Å². The number of ether oxygens (including phenoxy) is 2. The van der Waals surface area contributed by atoms with Crippen LogP contribution >= 0.6 is 0 Å². The van der Waals surface area contributed by atoms with Gasteiger partial charge in [-0.1, -0.05) is 13.8 Å². The molecule has 2 aliphatic rings. The van der Waals surface area contributed by atoms with Crippen LogP contribution in [0.3, 0.4) is 0 Å². The highest BCUT2D eigenvalue weighted by atomic mass is 16.5. The molecule has 3 heteroatoms. The number of rotatable bonds is 1. The number of aliphatic hydroxyl groups is 1. The van der Waals surface area contributed by atoms with Crippen LogP contribution in [-0.2, 0) is 0 Å². The fraction of sp³-hybridized carbons (Fsp3) is 0.647. The zero-order chi connectivity index (χ0) is 14.3. The van der Waals surface area contributed by atoms with E-state index in [2.05, 4.69) is 13.8 Å². The van der Waals surface area contributed by atoms with Crippen LogP contribution in [0, 0.1) is 11.8 Å². The highest BCUT2D eigenvalue weighted by molar-refractivity contribution is 5.44. The fourth-order valence-corrected chi connectivity index (χ4v) is 3.83. The van der Waals surface area contributed by atoms with Gasteiger partial charge in [0.1, 0.15) is 17.1 Å². The summed E-state index contributed by atoms with van der Waals surface area (Å²) in [6, 6.07) is 5.71. The SMILES string of the molecule is COc1ccc2c(c1)OC1(CCC(C)CC1C)C[C@H]2O. The fourth-order valence-electron chi connectivity index (χ4n) is 3.83. The van der Waals surface area contributed by atoms with Crippen molar-refractivity contribution in [3.05, 3.63) is 23.8 Å². The standard InChI is InChI=1S/C17H24O3/c1-11-6-7-17(12(2)8-11)10-15(18)14-5-4-13(19-3)9-16(14)20-17/h4-5,9,11-12,15,18H,6-8,10H2,1-3H3/t11?,12?,15-,17?/m1/s1. The van der Waals surface area contributed by atoms with Crippen LogP contribution in [0.25, 0.3) is 0 Å². The maximum Gasteiger partial charge on any atom is 0.129 e. The van der Waals surface area contributed by atoms with E-state index in [4.69, 9.17) is 9.47 Å². The molecule has 3 unspecified atom stereocenters. The van der Waals surface area contributed by atoms with Crippen LogP contribution in [-0.4, -0.2) is 17.8 Å². The molecule has 1 aromatic carbocycles. The quantitative estimate of drug-likeness (QED) is 0.850. The van der Waals surface area contributed by atoms with Crippen molar-refractivity contribution in [2.45, 2.75) is 51.2 Å². The Labute approximate surface area is 120 Å². The summed E-state index contributed by atoms with van der Waals surface area (Å²) in [4.78, 5) is 0. The second-order valence-corrected chi connectivity index (χ2v) is 6.57. The third kappa shape index (κ3) is 2.18. The lowest BCUT2D eigenvalue weighted by molar-refractivity contribution is -0.0803. The first-order chi connectivity index (χ1) is 9.54. The molecule has 1 N–H and O–H groups in total. The summed E-state index contributed by atoms with van der Waals surface area (Å²) in [5.41, 5.74) is 0.688. The monoisotopic (exact) mass is 276 g/mol. The van der Waals surface area contributed by atoms with Crippen LogP contribution in [0.15, 0.2) is 18.2 Å². The van der Waals surface area contributed by atoms with Gasteiger partial charge in [0.05, 0.1) is 13.2 Å². The smallest absolute Gasteiger partial charge is 0.129 e. The van der Waals surface area contributed by atoms with Gasteiger partial charge in [0.15, 0.2) is 0 Å². The van der Waals surface area contributed by atoms with Crippen molar-refractivity contribution < 1.29 is 14.6 Å². The van der Waals surface area contributed by atoms with Gasteiger partial charge in [-0.15, -0.1) is 0 Å². The Morgan fingerprint density at radius 3 is 2.85 bits per heavy atom. The molecule has 1 aliphatic heterocycles. The van der Waals surface area contributed by atoms with Gasteiger partial charge in [-0.2, -0.15) is 0 Å². The largest absolute Gasteiger partial charge is 0.497 e. The molecule has 3 rings (SSSR count). The predicted molar refractivity (Wildman–Crippen MR) is 78.1 cm³/mol. The number of fused-ring (bicyclic) bond motifs is 1. The van der Waals surface area contributed by atoms with Crippen LogP contribution in [0.2, 0.25) is 0 Å². The van der Waals surface area contributed by atoms with Crippen LogP contribution in [0.5, 0.6) is 11.5 Å². The van der Waals surface area contributed by atoms with E-state index in [9.17, 15) is 5.11 Å². The van der Waals surface area contributed by atoms with Gasteiger partial charge in [0.2, 0.25) is 0 Å². The van der Waals surface area contributed by atoms with Crippen LogP contribution in [0.4, 0.5) is 0 Å². The molecule has 1 fully saturated rings. The average molecular weight is 276 g/mol. The Hall–Kier alpha value is -1.22. The van der Waals surface area contributed by atoms with Gasteiger partial charge in [-0.25, -0.2) is 0 Å². The van der Waals surface area contributed by atoms with E-state index < -0.39 is 6.10 Å². The molecule has 4 atom stereocenters. The second kappa shape index (κ2) is 4.96. The predicted octanol–water partition coefficient (Wildman–Crippen LogP) is 3.71. The lowest BCUT2D eigenvalue weighted by atomic mass is 9.68. The van der Waals surface area contributed by atoms with Crippen molar-refractivity contribution in [1.29, 1.82) is 0 Å². The van der Waals surface area contributed by atoms with Gasteiger partial charge in [0, 0.05) is 18.1 Å². The molecule has 1 saturated carbocycles. The number of hydrogen-bond acceptors (Lipinski definition) is 3.